The third-order valence-electron chi connectivity index (χ3n) is 4.92. The molecule has 1 aromatic carbocycles. The minimum atomic E-state index is 0.224. The molecule has 0 saturated carbocycles. The Bertz CT molecular complexity index is 979. The number of nitrogens with one attached hydrogen (secondary N) is 1. The second-order valence-corrected chi connectivity index (χ2v) is 7.96. The van der Waals surface area contributed by atoms with Crippen molar-refractivity contribution in [3.8, 4) is 22.8 Å². The first-order valence-corrected chi connectivity index (χ1v) is 10.2. The molecule has 1 N–H and O–H groups in total. The molecular formula is C21H25N3O3S. The van der Waals surface area contributed by atoms with Crippen molar-refractivity contribution in [1.82, 2.24) is 9.55 Å². The Morgan fingerprint density at radius 3 is 2.89 bits per heavy atom. The number of nitrogens with zero attached hydrogens (tertiary/aromatic N) is 2. The highest BCUT2D eigenvalue weighted by molar-refractivity contribution is 7.14. The van der Waals surface area contributed by atoms with Gasteiger partial charge in [0.15, 0.2) is 16.6 Å². The Balaban J connectivity index is 1.55. The van der Waals surface area contributed by atoms with E-state index in [0.717, 1.165) is 28.9 Å². The fraction of sp³-hybridized carbons (Fsp3) is 0.381. The van der Waals surface area contributed by atoms with Gasteiger partial charge in [-0.2, -0.15) is 0 Å². The van der Waals surface area contributed by atoms with E-state index >= 15 is 0 Å². The van der Waals surface area contributed by atoms with Crippen LogP contribution in [0.15, 0.2) is 29.6 Å². The smallest absolute Gasteiger partial charge is 0.231 e. The number of ether oxygens (including phenoxy) is 3. The molecule has 0 fully saturated rings. The van der Waals surface area contributed by atoms with Gasteiger partial charge in [-0.25, -0.2) is 4.98 Å². The van der Waals surface area contributed by atoms with Gasteiger partial charge in [-0.15, -0.1) is 11.3 Å². The summed E-state index contributed by atoms with van der Waals surface area (Å²) in [6, 6.07) is 8.56. The van der Waals surface area contributed by atoms with Crippen LogP contribution in [0.2, 0.25) is 0 Å². The van der Waals surface area contributed by atoms with E-state index in [-0.39, 0.29) is 6.04 Å². The van der Waals surface area contributed by atoms with Gasteiger partial charge in [0, 0.05) is 42.0 Å². The molecule has 7 heteroatoms. The highest BCUT2D eigenvalue weighted by atomic mass is 32.1. The van der Waals surface area contributed by atoms with Gasteiger partial charge in [0.05, 0.1) is 12.3 Å². The summed E-state index contributed by atoms with van der Waals surface area (Å²) in [5.74, 6) is 1.64. The van der Waals surface area contributed by atoms with E-state index in [1.807, 2.05) is 6.07 Å². The monoisotopic (exact) mass is 399 g/mol. The molecule has 6 nitrogen and oxygen atoms in total. The number of benzene rings is 1. The zero-order valence-corrected chi connectivity index (χ0v) is 17.4. The SMILES string of the molecule is COCC(C)Nc1nc(-c2cc(C)n(Cc3ccc4c(c3)OCO4)c2C)cs1. The predicted octanol–water partition coefficient (Wildman–Crippen LogP) is 4.45. The number of hydrogen-bond acceptors (Lipinski definition) is 6. The summed E-state index contributed by atoms with van der Waals surface area (Å²) in [5.41, 5.74) is 5.77. The molecule has 28 heavy (non-hydrogen) atoms. The first-order valence-electron chi connectivity index (χ1n) is 9.31. The van der Waals surface area contributed by atoms with Gasteiger partial charge in [-0.05, 0) is 44.5 Å². The van der Waals surface area contributed by atoms with Crippen molar-refractivity contribution < 1.29 is 14.2 Å². The van der Waals surface area contributed by atoms with E-state index in [9.17, 15) is 0 Å². The fourth-order valence-corrected chi connectivity index (χ4v) is 4.32. The zero-order chi connectivity index (χ0) is 19.7. The number of methoxy groups -OCH3 is 1. The van der Waals surface area contributed by atoms with Gasteiger partial charge in [0.2, 0.25) is 6.79 Å². The second-order valence-electron chi connectivity index (χ2n) is 7.10. The zero-order valence-electron chi connectivity index (χ0n) is 16.6. The highest BCUT2D eigenvalue weighted by Crippen LogP contribution is 2.34. The van der Waals surface area contributed by atoms with Gasteiger partial charge in [0.25, 0.3) is 0 Å². The number of rotatable bonds is 7. The summed E-state index contributed by atoms with van der Waals surface area (Å²) in [5, 5.41) is 6.41. The molecule has 1 aliphatic heterocycles. The highest BCUT2D eigenvalue weighted by Gasteiger charge is 2.17. The van der Waals surface area contributed by atoms with E-state index in [2.05, 4.69) is 54.2 Å². The molecule has 148 valence electrons. The standard InChI is InChI=1S/C21H25N3O3S/c1-13(10-25-4)22-21-23-18(11-28-21)17-7-14(2)24(15(17)3)9-16-5-6-19-20(8-16)27-12-26-19/h5-8,11,13H,9-10,12H2,1-4H3,(H,22,23). The maximum Gasteiger partial charge on any atom is 0.231 e. The number of anilines is 1. The Morgan fingerprint density at radius 2 is 2.07 bits per heavy atom. The average molecular weight is 400 g/mol. The third-order valence-corrected chi connectivity index (χ3v) is 5.69. The van der Waals surface area contributed by atoms with Gasteiger partial charge < -0.3 is 24.1 Å². The lowest BCUT2D eigenvalue weighted by atomic mass is 10.2. The number of hydrogen-bond donors (Lipinski definition) is 1. The Morgan fingerprint density at radius 1 is 1.25 bits per heavy atom. The normalized spacial score (nSPS) is 13.7. The fourth-order valence-electron chi connectivity index (χ4n) is 3.49. The quantitative estimate of drug-likeness (QED) is 0.636. The summed E-state index contributed by atoms with van der Waals surface area (Å²) >= 11 is 1.62. The molecule has 2 aromatic heterocycles. The Hall–Kier alpha value is -2.51. The van der Waals surface area contributed by atoms with Crippen LogP contribution in [0.1, 0.15) is 23.9 Å². The second kappa shape index (κ2) is 7.85. The lowest BCUT2D eigenvalue weighted by molar-refractivity contribution is 0.174. The minimum Gasteiger partial charge on any atom is -0.454 e. The molecule has 1 unspecified atom stereocenters. The van der Waals surface area contributed by atoms with Crippen LogP contribution in [0.4, 0.5) is 5.13 Å². The Labute approximate surface area is 169 Å². The van der Waals surface area contributed by atoms with Crippen molar-refractivity contribution in [3.05, 3.63) is 46.6 Å². The van der Waals surface area contributed by atoms with E-state index in [0.29, 0.717) is 13.4 Å². The molecule has 0 bridgehead atoms. The van der Waals surface area contributed by atoms with Crippen LogP contribution in [0.3, 0.4) is 0 Å². The maximum absolute atomic E-state index is 5.51. The summed E-state index contributed by atoms with van der Waals surface area (Å²) < 4.78 is 18.4. The number of thiazole rings is 1. The van der Waals surface area contributed by atoms with Crippen molar-refractivity contribution in [2.24, 2.45) is 0 Å². The first kappa shape index (κ1) is 18.8. The summed E-state index contributed by atoms with van der Waals surface area (Å²) in [4.78, 5) is 4.77. The lowest BCUT2D eigenvalue weighted by Crippen LogP contribution is -2.20. The average Bonchev–Trinajstić information content (AvgIpc) is 3.37. The van der Waals surface area contributed by atoms with Crippen LogP contribution in [0.25, 0.3) is 11.3 Å². The van der Waals surface area contributed by atoms with Gasteiger partial charge >= 0.3 is 0 Å². The summed E-state index contributed by atoms with van der Waals surface area (Å²) in [7, 11) is 1.71. The minimum absolute atomic E-state index is 0.224. The van der Waals surface area contributed by atoms with Crippen molar-refractivity contribution in [1.29, 1.82) is 0 Å². The number of fused-ring (bicyclic) bond motifs is 1. The van der Waals surface area contributed by atoms with Crippen molar-refractivity contribution in [2.75, 3.05) is 25.8 Å². The van der Waals surface area contributed by atoms with Crippen molar-refractivity contribution in [2.45, 2.75) is 33.4 Å². The molecule has 4 rings (SSSR count). The lowest BCUT2D eigenvalue weighted by Gasteiger charge is -2.11. The maximum atomic E-state index is 5.51. The molecule has 3 aromatic rings. The molecule has 1 aliphatic rings. The van der Waals surface area contributed by atoms with E-state index in [4.69, 9.17) is 19.2 Å². The molecular weight excluding hydrogens is 374 g/mol. The largest absolute Gasteiger partial charge is 0.454 e. The molecule has 0 saturated heterocycles. The molecule has 0 spiro atoms. The van der Waals surface area contributed by atoms with Gasteiger partial charge in [-0.1, -0.05) is 6.07 Å². The third kappa shape index (κ3) is 3.72. The number of aromatic nitrogens is 2. The summed E-state index contributed by atoms with van der Waals surface area (Å²) in [6.45, 7) is 8.11. The van der Waals surface area contributed by atoms with E-state index < -0.39 is 0 Å². The number of aryl methyl sites for hydroxylation is 1. The van der Waals surface area contributed by atoms with Crippen LogP contribution in [-0.2, 0) is 11.3 Å². The van der Waals surface area contributed by atoms with Crippen LogP contribution in [0.5, 0.6) is 11.5 Å². The van der Waals surface area contributed by atoms with E-state index in [1.165, 1.54) is 22.5 Å². The van der Waals surface area contributed by atoms with E-state index in [1.54, 1.807) is 18.4 Å². The molecule has 0 amide bonds. The molecule has 0 aliphatic carbocycles. The van der Waals surface area contributed by atoms with Crippen LogP contribution in [-0.4, -0.2) is 36.1 Å². The van der Waals surface area contributed by atoms with Crippen LogP contribution < -0.4 is 14.8 Å². The molecule has 1 atom stereocenters. The first-order chi connectivity index (χ1) is 13.5. The predicted molar refractivity (Wildman–Crippen MR) is 112 cm³/mol. The Kier molecular flexibility index (Phi) is 5.28. The summed E-state index contributed by atoms with van der Waals surface area (Å²) in [6.07, 6.45) is 0. The van der Waals surface area contributed by atoms with Crippen molar-refractivity contribution >= 4 is 16.5 Å². The van der Waals surface area contributed by atoms with Gasteiger partial charge in [0.1, 0.15) is 0 Å². The van der Waals surface area contributed by atoms with Crippen molar-refractivity contribution in [3.63, 3.8) is 0 Å². The van der Waals surface area contributed by atoms with Crippen LogP contribution in [0, 0.1) is 13.8 Å². The molecule has 3 heterocycles. The van der Waals surface area contributed by atoms with Gasteiger partial charge in [-0.3, -0.25) is 0 Å². The molecule has 0 radical (unpaired) electrons. The van der Waals surface area contributed by atoms with Crippen LogP contribution >= 0.6 is 11.3 Å². The topological polar surface area (TPSA) is 57.5 Å².